The first kappa shape index (κ1) is 17.2. The van der Waals surface area contributed by atoms with Crippen molar-refractivity contribution in [3.05, 3.63) is 65.0 Å². The maximum atomic E-state index is 12.8. The molecule has 0 radical (unpaired) electrons. The van der Waals surface area contributed by atoms with Gasteiger partial charge in [-0.1, -0.05) is 12.1 Å². The fourth-order valence-electron chi connectivity index (χ4n) is 2.54. The van der Waals surface area contributed by atoms with E-state index < -0.39 is 10.0 Å². The Balaban J connectivity index is 1.95. The number of aromatic nitrogens is 2. The molecule has 0 unspecified atom stereocenters. The molecule has 0 amide bonds. The van der Waals surface area contributed by atoms with Gasteiger partial charge in [-0.2, -0.15) is 23.0 Å². The van der Waals surface area contributed by atoms with Gasteiger partial charge < -0.3 is 0 Å². The van der Waals surface area contributed by atoms with Gasteiger partial charge in [0.25, 0.3) is 10.0 Å². The summed E-state index contributed by atoms with van der Waals surface area (Å²) in [5.41, 5.74) is 4.31. The Labute approximate surface area is 147 Å². The Kier molecular flexibility index (Phi) is 4.34. The highest BCUT2D eigenvalue weighted by Gasteiger charge is 2.21. The molecular formula is C18H20N4O2S. The van der Waals surface area contributed by atoms with Crippen molar-refractivity contribution in [1.82, 2.24) is 14.0 Å². The summed E-state index contributed by atoms with van der Waals surface area (Å²) in [5.74, 6) is 0. The summed E-state index contributed by atoms with van der Waals surface area (Å²) in [6.07, 6.45) is 5.04. The summed E-state index contributed by atoms with van der Waals surface area (Å²) >= 11 is 0. The van der Waals surface area contributed by atoms with Crippen molar-refractivity contribution in [3.63, 3.8) is 0 Å². The molecule has 0 N–H and O–H groups in total. The third-order valence-corrected chi connectivity index (χ3v) is 5.82. The van der Waals surface area contributed by atoms with Crippen molar-refractivity contribution in [3.8, 4) is 0 Å². The van der Waals surface area contributed by atoms with Crippen LogP contribution in [0.1, 0.15) is 22.3 Å². The topological polar surface area (TPSA) is 67.0 Å². The molecule has 0 saturated heterocycles. The largest absolute Gasteiger partial charge is 0.279 e. The zero-order valence-electron chi connectivity index (χ0n) is 14.6. The summed E-state index contributed by atoms with van der Waals surface area (Å²) in [4.78, 5) is 0.267. The van der Waals surface area contributed by atoms with Crippen LogP contribution in [-0.2, 0) is 10.0 Å². The molecule has 3 rings (SSSR count). The Hall–Kier alpha value is -2.67. The minimum absolute atomic E-state index is 0.267. The summed E-state index contributed by atoms with van der Waals surface area (Å²) < 4.78 is 28.3. The van der Waals surface area contributed by atoms with Crippen molar-refractivity contribution < 1.29 is 8.42 Å². The van der Waals surface area contributed by atoms with E-state index in [1.807, 2.05) is 38.2 Å². The van der Waals surface area contributed by atoms with Gasteiger partial charge in [0.1, 0.15) is 0 Å². The molecule has 0 fully saturated rings. The third kappa shape index (κ3) is 3.28. The Morgan fingerprint density at radius 1 is 1.12 bits per heavy atom. The average Bonchev–Trinajstić information content (AvgIpc) is 2.96. The van der Waals surface area contributed by atoms with Crippen molar-refractivity contribution in [2.24, 2.45) is 5.10 Å². The molecule has 7 heteroatoms. The van der Waals surface area contributed by atoms with Gasteiger partial charge in [0, 0.05) is 18.8 Å². The lowest BCUT2D eigenvalue weighted by Crippen LogP contribution is -2.22. The smallest absolute Gasteiger partial charge is 0.240 e. The Morgan fingerprint density at radius 2 is 1.84 bits per heavy atom. The van der Waals surface area contributed by atoms with Gasteiger partial charge in [-0.15, -0.1) is 0 Å². The number of pyridine rings is 1. The van der Waals surface area contributed by atoms with Crippen LogP contribution in [0.3, 0.4) is 0 Å². The van der Waals surface area contributed by atoms with Crippen LogP contribution in [0.25, 0.3) is 5.52 Å². The van der Waals surface area contributed by atoms with Crippen molar-refractivity contribution >= 4 is 21.8 Å². The molecule has 0 saturated carbocycles. The first-order chi connectivity index (χ1) is 11.8. The van der Waals surface area contributed by atoms with E-state index >= 15 is 0 Å². The molecule has 0 spiro atoms. The number of sulfonamides is 1. The average molecular weight is 356 g/mol. The molecule has 25 heavy (non-hydrogen) atoms. The number of hydrogen-bond donors (Lipinski definition) is 0. The summed E-state index contributed by atoms with van der Waals surface area (Å²) in [6.45, 7) is 5.63. The Bertz CT molecular complexity index is 1070. The lowest BCUT2D eigenvalue weighted by molar-refractivity contribution is 0.490. The molecule has 3 aromatic rings. The standard InChI is InChI=1S/C18H20N4O2S/c1-13-5-6-15(3)18(10-13)25(23,24)21(4)19-11-16-12-20-22-8-7-14(2)9-17(16)22/h5-12H,1-4H3/b19-11+. The zero-order valence-corrected chi connectivity index (χ0v) is 15.4. The van der Waals surface area contributed by atoms with Gasteiger partial charge >= 0.3 is 0 Å². The van der Waals surface area contributed by atoms with Crippen LogP contribution < -0.4 is 0 Å². The van der Waals surface area contributed by atoms with Crippen molar-refractivity contribution in [1.29, 1.82) is 0 Å². The van der Waals surface area contributed by atoms with Crippen LogP contribution in [-0.4, -0.2) is 35.7 Å². The van der Waals surface area contributed by atoms with E-state index in [-0.39, 0.29) is 4.90 Å². The predicted molar refractivity (Wildman–Crippen MR) is 98.4 cm³/mol. The fourth-order valence-corrected chi connectivity index (χ4v) is 3.80. The van der Waals surface area contributed by atoms with Gasteiger partial charge in [-0.25, -0.2) is 4.52 Å². The lowest BCUT2D eigenvalue weighted by atomic mass is 10.2. The van der Waals surface area contributed by atoms with Crippen LogP contribution in [0, 0.1) is 20.8 Å². The quantitative estimate of drug-likeness (QED) is 0.533. The van der Waals surface area contributed by atoms with Gasteiger partial charge in [-0.05, 0) is 55.7 Å². The number of hydrazone groups is 1. The van der Waals surface area contributed by atoms with Gasteiger partial charge in [0.15, 0.2) is 0 Å². The predicted octanol–water partition coefficient (Wildman–Crippen LogP) is 2.91. The van der Waals surface area contributed by atoms with E-state index in [9.17, 15) is 8.42 Å². The van der Waals surface area contributed by atoms with E-state index in [1.54, 1.807) is 29.8 Å². The van der Waals surface area contributed by atoms with E-state index in [0.717, 1.165) is 26.6 Å². The molecule has 2 aromatic heterocycles. The highest BCUT2D eigenvalue weighted by Crippen LogP contribution is 2.20. The van der Waals surface area contributed by atoms with Crippen molar-refractivity contribution in [2.75, 3.05) is 7.05 Å². The van der Waals surface area contributed by atoms with E-state index in [0.29, 0.717) is 5.56 Å². The molecule has 0 aliphatic heterocycles. The number of nitrogens with zero attached hydrogens (tertiary/aromatic N) is 4. The molecule has 1 aromatic carbocycles. The SMILES string of the molecule is Cc1ccc(C)c(S(=O)(=O)N(C)/N=C/c2cnn3ccc(C)cc23)c1. The second-order valence-electron chi connectivity index (χ2n) is 6.09. The van der Waals surface area contributed by atoms with E-state index in [1.165, 1.54) is 13.3 Å². The second kappa shape index (κ2) is 6.33. The molecule has 6 nitrogen and oxygen atoms in total. The summed E-state index contributed by atoms with van der Waals surface area (Å²) in [6, 6.07) is 9.29. The monoisotopic (exact) mass is 356 g/mol. The maximum Gasteiger partial charge on any atom is 0.279 e. The molecule has 0 aliphatic carbocycles. The maximum absolute atomic E-state index is 12.8. The third-order valence-electron chi connectivity index (χ3n) is 4.04. The van der Waals surface area contributed by atoms with Gasteiger partial charge in [-0.3, -0.25) is 0 Å². The molecule has 2 heterocycles. The fraction of sp³-hybridized carbons (Fsp3) is 0.222. The summed E-state index contributed by atoms with van der Waals surface area (Å²) in [7, 11) is -2.26. The van der Waals surface area contributed by atoms with Crippen molar-refractivity contribution in [2.45, 2.75) is 25.7 Å². The van der Waals surface area contributed by atoms with Gasteiger partial charge in [0.2, 0.25) is 0 Å². The molecule has 0 atom stereocenters. The highest BCUT2D eigenvalue weighted by molar-refractivity contribution is 7.89. The summed E-state index contributed by atoms with van der Waals surface area (Å²) in [5, 5.41) is 8.37. The zero-order chi connectivity index (χ0) is 18.2. The second-order valence-corrected chi connectivity index (χ2v) is 8.01. The normalized spacial score (nSPS) is 12.2. The number of fused-ring (bicyclic) bond motifs is 1. The number of rotatable bonds is 4. The molecule has 0 aliphatic rings. The van der Waals surface area contributed by atoms with E-state index in [4.69, 9.17) is 0 Å². The van der Waals surface area contributed by atoms with Gasteiger partial charge in [0.05, 0.1) is 22.8 Å². The molecule has 0 bridgehead atoms. The highest BCUT2D eigenvalue weighted by atomic mass is 32.2. The van der Waals surface area contributed by atoms with Crippen LogP contribution >= 0.6 is 0 Å². The molecule has 130 valence electrons. The Morgan fingerprint density at radius 3 is 2.60 bits per heavy atom. The number of hydrogen-bond acceptors (Lipinski definition) is 4. The first-order valence-electron chi connectivity index (χ1n) is 7.83. The minimum Gasteiger partial charge on any atom is -0.240 e. The van der Waals surface area contributed by atoms with Crippen LogP contribution in [0.4, 0.5) is 0 Å². The molecular weight excluding hydrogens is 336 g/mol. The van der Waals surface area contributed by atoms with E-state index in [2.05, 4.69) is 10.2 Å². The number of aryl methyl sites for hydroxylation is 3. The first-order valence-corrected chi connectivity index (χ1v) is 9.27. The van der Waals surface area contributed by atoms with Crippen LogP contribution in [0.2, 0.25) is 0 Å². The van der Waals surface area contributed by atoms with Crippen LogP contribution in [0.15, 0.2) is 52.7 Å². The number of benzene rings is 1. The lowest BCUT2D eigenvalue weighted by Gasteiger charge is -2.15. The van der Waals surface area contributed by atoms with Crippen LogP contribution in [0.5, 0.6) is 0 Å². The minimum atomic E-state index is -3.70.